The zero-order valence-corrected chi connectivity index (χ0v) is 7.93. The van der Waals surface area contributed by atoms with Crippen molar-refractivity contribution in [2.24, 2.45) is 17.6 Å². The number of hydrogen-bond donors (Lipinski definition) is 2. The molecule has 2 aliphatic carbocycles. The number of rotatable bonds is 0. The van der Waals surface area contributed by atoms with Gasteiger partial charge in [0.15, 0.2) is 0 Å². The molecule has 2 heteroatoms. The highest BCUT2D eigenvalue weighted by Gasteiger charge is 2.41. The molecule has 4 unspecified atom stereocenters. The fourth-order valence-electron chi connectivity index (χ4n) is 2.66. The minimum Gasteiger partial charge on any atom is -0.401 e. The highest BCUT2D eigenvalue weighted by atomic mass is 15.0. The smallest absolute Gasteiger partial charge is 0.0542 e. The Morgan fingerprint density at radius 3 is 2.71 bits per heavy atom. The van der Waals surface area contributed by atoms with Gasteiger partial charge in [-0.15, -0.1) is 0 Å². The summed E-state index contributed by atoms with van der Waals surface area (Å²) >= 11 is 0. The molecule has 0 aromatic carbocycles. The first kappa shape index (κ1) is 8.06. The Hall–Kier alpha value is -1.28. The van der Waals surface area contributed by atoms with Gasteiger partial charge in [0, 0.05) is 23.6 Å². The summed E-state index contributed by atoms with van der Waals surface area (Å²) in [6, 6.07) is 0.798. The lowest BCUT2D eigenvalue weighted by Crippen LogP contribution is -2.35. The van der Waals surface area contributed by atoms with E-state index >= 15 is 0 Å². The van der Waals surface area contributed by atoms with Crippen LogP contribution in [0.15, 0.2) is 48.2 Å². The minimum absolute atomic E-state index is 0.336. The van der Waals surface area contributed by atoms with Crippen molar-refractivity contribution in [2.75, 3.05) is 0 Å². The molecular formula is C12H14N2. The van der Waals surface area contributed by atoms with E-state index < -0.39 is 0 Å². The Labute approximate surface area is 83.9 Å². The van der Waals surface area contributed by atoms with E-state index in [1.165, 1.54) is 0 Å². The molecule has 0 amide bonds. The predicted octanol–water partition coefficient (Wildman–Crippen LogP) is 1.10. The number of nitrogens with two attached hydrogens (primary N) is 1. The van der Waals surface area contributed by atoms with Crippen LogP contribution >= 0.6 is 0 Å². The summed E-state index contributed by atoms with van der Waals surface area (Å²) in [6.07, 6.45) is 15.1. The molecule has 2 nitrogen and oxygen atoms in total. The van der Waals surface area contributed by atoms with Gasteiger partial charge in [0.2, 0.25) is 0 Å². The molecule has 1 saturated heterocycles. The molecule has 0 aromatic heterocycles. The Morgan fingerprint density at radius 2 is 1.79 bits per heavy atom. The third-order valence-electron chi connectivity index (χ3n) is 3.36. The zero-order valence-electron chi connectivity index (χ0n) is 7.93. The lowest BCUT2D eigenvalue weighted by Gasteiger charge is -2.22. The van der Waals surface area contributed by atoms with Crippen LogP contribution in [0.4, 0.5) is 0 Å². The number of fused-ring (bicyclic) bond motifs is 3. The van der Waals surface area contributed by atoms with E-state index in [0.717, 1.165) is 5.70 Å². The maximum absolute atomic E-state index is 5.97. The Kier molecular flexibility index (Phi) is 1.64. The van der Waals surface area contributed by atoms with Gasteiger partial charge in [-0.05, 0) is 6.08 Å². The molecule has 14 heavy (non-hydrogen) atoms. The standard InChI is InChI=1S/C12H14N2/c13-10-6-3-5-9-8-4-1-2-7-11(8)14-12(9)10/h1-9,11-12,14H,13H2. The predicted molar refractivity (Wildman–Crippen MR) is 57.4 cm³/mol. The monoisotopic (exact) mass is 186 g/mol. The Morgan fingerprint density at radius 1 is 1.00 bits per heavy atom. The van der Waals surface area contributed by atoms with Crippen LogP contribution in [0.2, 0.25) is 0 Å². The Bertz CT molecular complexity index is 363. The molecule has 1 fully saturated rings. The van der Waals surface area contributed by atoms with Crippen molar-refractivity contribution in [3.8, 4) is 0 Å². The van der Waals surface area contributed by atoms with Crippen molar-refractivity contribution in [3.63, 3.8) is 0 Å². The number of nitrogens with one attached hydrogen (secondary N) is 1. The second kappa shape index (κ2) is 2.85. The van der Waals surface area contributed by atoms with Crippen molar-refractivity contribution >= 4 is 0 Å². The average Bonchev–Trinajstić information content (AvgIpc) is 2.59. The first-order valence-electron chi connectivity index (χ1n) is 5.11. The summed E-state index contributed by atoms with van der Waals surface area (Å²) in [4.78, 5) is 0. The van der Waals surface area contributed by atoms with Crippen molar-refractivity contribution in [3.05, 3.63) is 48.2 Å². The first-order chi connectivity index (χ1) is 6.86. The van der Waals surface area contributed by atoms with Crippen LogP contribution in [0.25, 0.3) is 0 Å². The molecule has 3 N–H and O–H groups in total. The summed E-state index contributed by atoms with van der Waals surface area (Å²) in [6.45, 7) is 0. The van der Waals surface area contributed by atoms with Gasteiger partial charge in [0.25, 0.3) is 0 Å². The highest BCUT2D eigenvalue weighted by molar-refractivity contribution is 5.33. The van der Waals surface area contributed by atoms with Crippen molar-refractivity contribution in [1.29, 1.82) is 0 Å². The van der Waals surface area contributed by atoms with Gasteiger partial charge >= 0.3 is 0 Å². The van der Waals surface area contributed by atoms with Crippen LogP contribution < -0.4 is 11.1 Å². The fourth-order valence-corrected chi connectivity index (χ4v) is 2.66. The van der Waals surface area contributed by atoms with E-state index in [9.17, 15) is 0 Å². The maximum Gasteiger partial charge on any atom is 0.0542 e. The largest absolute Gasteiger partial charge is 0.401 e. The van der Waals surface area contributed by atoms with E-state index in [1.54, 1.807) is 0 Å². The SMILES string of the molecule is NC1=CC=CC2C1NC1C=CC=CC12. The normalized spacial score (nSPS) is 43.3. The molecule has 3 aliphatic rings. The second-order valence-corrected chi connectivity index (χ2v) is 4.15. The minimum atomic E-state index is 0.336. The van der Waals surface area contributed by atoms with Gasteiger partial charge in [-0.25, -0.2) is 0 Å². The van der Waals surface area contributed by atoms with Gasteiger partial charge in [-0.2, -0.15) is 0 Å². The Balaban J connectivity index is 1.96. The van der Waals surface area contributed by atoms with Crippen molar-refractivity contribution in [1.82, 2.24) is 5.32 Å². The molecule has 3 rings (SSSR count). The maximum atomic E-state index is 5.97. The zero-order chi connectivity index (χ0) is 9.54. The van der Waals surface area contributed by atoms with E-state index in [1.807, 2.05) is 6.08 Å². The molecule has 0 spiro atoms. The molecule has 0 saturated carbocycles. The molecule has 72 valence electrons. The van der Waals surface area contributed by atoms with Crippen LogP contribution in [0.1, 0.15) is 0 Å². The summed E-state index contributed by atoms with van der Waals surface area (Å²) in [5, 5.41) is 3.56. The van der Waals surface area contributed by atoms with Crippen LogP contribution in [0.5, 0.6) is 0 Å². The number of hydrogen-bond acceptors (Lipinski definition) is 2. The van der Waals surface area contributed by atoms with Crippen LogP contribution in [0, 0.1) is 11.8 Å². The quantitative estimate of drug-likeness (QED) is 0.594. The third kappa shape index (κ3) is 1.01. The molecule has 1 heterocycles. The van der Waals surface area contributed by atoms with Crippen molar-refractivity contribution < 1.29 is 0 Å². The molecule has 1 aliphatic heterocycles. The summed E-state index contributed by atoms with van der Waals surface area (Å²) in [7, 11) is 0. The van der Waals surface area contributed by atoms with Gasteiger partial charge in [-0.1, -0.05) is 36.5 Å². The molecule has 4 atom stereocenters. The topological polar surface area (TPSA) is 38.0 Å². The number of allylic oxidation sites excluding steroid dienone is 4. The van der Waals surface area contributed by atoms with Gasteiger partial charge < -0.3 is 11.1 Å². The molecular weight excluding hydrogens is 172 g/mol. The summed E-state index contributed by atoms with van der Waals surface area (Å²) in [5.74, 6) is 1.11. The average molecular weight is 186 g/mol. The van der Waals surface area contributed by atoms with E-state index in [0.29, 0.717) is 23.9 Å². The van der Waals surface area contributed by atoms with Gasteiger partial charge in [-0.3, -0.25) is 0 Å². The van der Waals surface area contributed by atoms with Crippen LogP contribution in [-0.4, -0.2) is 12.1 Å². The van der Waals surface area contributed by atoms with Crippen LogP contribution in [0.3, 0.4) is 0 Å². The summed E-state index contributed by atoms with van der Waals surface area (Å²) in [5.41, 5.74) is 6.94. The van der Waals surface area contributed by atoms with Gasteiger partial charge in [0.1, 0.15) is 0 Å². The lowest BCUT2D eigenvalue weighted by atomic mass is 9.82. The second-order valence-electron chi connectivity index (χ2n) is 4.15. The van der Waals surface area contributed by atoms with E-state index in [2.05, 4.69) is 41.8 Å². The first-order valence-corrected chi connectivity index (χ1v) is 5.11. The lowest BCUT2D eigenvalue weighted by molar-refractivity contribution is 0.515. The highest BCUT2D eigenvalue weighted by Crippen LogP contribution is 2.36. The van der Waals surface area contributed by atoms with Crippen LogP contribution in [-0.2, 0) is 0 Å². The third-order valence-corrected chi connectivity index (χ3v) is 3.36. The molecule has 0 bridgehead atoms. The van der Waals surface area contributed by atoms with E-state index in [4.69, 9.17) is 5.73 Å². The molecule has 0 radical (unpaired) electrons. The van der Waals surface area contributed by atoms with E-state index in [-0.39, 0.29) is 0 Å². The molecule has 0 aromatic rings. The fraction of sp³-hybridized carbons (Fsp3) is 0.333. The summed E-state index contributed by atoms with van der Waals surface area (Å²) < 4.78 is 0. The van der Waals surface area contributed by atoms with Gasteiger partial charge in [0.05, 0.1) is 6.04 Å². The van der Waals surface area contributed by atoms with Crippen molar-refractivity contribution in [2.45, 2.75) is 12.1 Å².